The van der Waals surface area contributed by atoms with Crippen molar-refractivity contribution in [2.45, 2.75) is 58.4 Å². The molecule has 118 valence electrons. The Bertz CT molecular complexity index is 309. The van der Waals surface area contributed by atoms with Crippen LogP contribution < -0.4 is 5.73 Å². The minimum atomic E-state index is -0.743. The van der Waals surface area contributed by atoms with Crippen LogP contribution >= 0.6 is 0 Å². The lowest BCUT2D eigenvalue weighted by Crippen LogP contribution is -2.52. The van der Waals surface area contributed by atoms with Gasteiger partial charge in [-0.2, -0.15) is 0 Å². The largest absolute Gasteiger partial charge is 0.465 e. The molecule has 2 N–H and O–H groups in total. The molecule has 0 aromatic carbocycles. The summed E-state index contributed by atoms with van der Waals surface area (Å²) in [5.74, 6) is 0.782. The van der Waals surface area contributed by atoms with Gasteiger partial charge in [0.1, 0.15) is 5.54 Å². The van der Waals surface area contributed by atoms with Crippen LogP contribution in [0.3, 0.4) is 0 Å². The molecular formula is C16H32N2O2. The van der Waals surface area contributed by atoms with Crippen molar-refractivity contribution in [2.75, 3.05) is 26.7 Å². The van der Waals surface area contributed by atoms with E-state index < -0.39 is 5.54 Å². The molecule has 3 unspecified atom stereocenters. The van der Waals surface area contributed by atoms with Crippen LogP contribution in [0, 0.1) is 11.8 Å². The lowest BCUT2D eigenvalue weighted by atomic mass is 9.85. The molecule has 3 atom stereocenters. The smallest absolute Gasteiger partial charge is 0.326 e. The van der Waals surface area contributed by atoms with Crippen molar-refractivity contribution in [1.82, 2.24) is 4.90 Å². The monoisotopic (exact) mass is 284 g/mol. The van der Waals surface area contributed by atoms with Crippen LogP contribution in [0.25, 0.3) is 0 Å². The van der Waals surface area contributed by atoms with E-state index in [1.54, 1.807) is 0 Å². The maximum Gasteiger partial charge on any atom is 0.326 e. The zero-order valence-electron chi connectivity index (χ0n) is 13.7. The third kappa shape index (κ3) is 4.45. The number of hydrogen-bond donors (Lipinski definition) is 1. The second-order valence-electron chi connectivity index (χ2n) is 6.41. The van der Waals surface area contributed by atoms with Crippen molar-refractivity contribution < 1.29 is 9.53 Å². The quantitative estimate of drug-likeness (QED) is 0.695. The maximum atomic E-state index is 12.1. The average molecular weight is 284 g/mol. The first-order valence-corrected chi connectivity index (χ1v) is 8.08. The lowest BCUT2D eigenvalue weighted by Gasteiger charge is -2.30. The van der Waals surface area contributed by atoms with Gasteiger partial charge in [0.05, 0.1) is 6.61 Å². The fourth-order valence-corrected chi connectivity index (χ4v) is 3.17. The van der Waals surface area contributed by atoms with Gasteiger partial charge in [-0.25, -0.2) is 0 Å². The van der Waals surface area contributed by atoms with Crippen LogP contribution in [0.5, 0.6) is 0 Å². The zero-order chi connectivity index (χ0) is 15.2. The van der Waals surface area contributed by atoms with E-state index in [-0.39, 0.29) is 11.9 Å². The summed E-state index contributed by atoms with van der Waals surface area (Å²) in [5.41, 5.74) is 5.61. The topological polar surface area (TPSA) is 55.6 Å². The molecule has 1 aliphatic rings. The van der Waals surface area contributed by atoms with Crippen molar-refractivity contribution in [3.8, 4) is 0 Å². The molecule has 0 saturated heterocycles. The minimum Gasteiger partial charge on any atom is -0.465 e. The van der Waals surface area contributed by atoms with E-state index in [0.29, 0.717) is 6.61 Å². The van der Waals surface area contributed by atoms with E-state index in [2.05, 4.69) is 25.8 Å². The minimum absolute atomic E-state index is 0.202. The highest BCUT2D eigenvalue weighted by molar-refractivity contribution is 5.81. The second kappa shape index (κ2) is 7.99. The molecule has 0 aromatic rings. The Hall–Kier alpha value is -0.610. The van der Waals surface area contributed by atoms with Gasteiger partial charge in [-0.05, 0) is 51.6 Å². The molecule has 1 saturated carbocycles. The number of esters is 1. The van der Waals surface area contributed by atoms with E-state index in [1.165, 1.54) is 6.42 Å². The number of carbonyl (C=O) groups excluding carboxylic acids is 1. The molecule has 0 heterocycles. The molecule has 1 rings (SSSR count). The van der Waals surface area contributed by atoms with Gasteiger partial charge < -0.3 is 15.4 Å². The Labute approximate surface area is 124 Å². The summed E-state index contributed by atoms with van der Waals surface area (Å²) in [6, 6.07) is 0. The van der Waals surface area contributed by atoms with Gasteiger partial charge >= 0.3 is 5.97 Å². The van der Waals surface area contributed by atoms with Gasteiger partial charge in [-0.3, -0.25) is 4.79 Å². The first-order chi connectivity index (χ1) is 9.43. The molecule has 20 heavy (non-hydrogen) atoms. The highest BCUT2D eigenvalue weighted by Gasteiger charge is 2.46. The molecular weight excluding hydrogens is 252 g/mol. The van der Waals surface area contributed by atoms with Gasteiger partial charge in [0, 0.05) is 6.54 Å². The van der Waals surface area contributed by atoms with Crippen molar-refractivity contribution in [2.24, 2.45) is 17.6 Å². The molecule has 0 aliphatic heterocycles. The summed E-state index contributed by atoms with van der Waals surface area (Å²) in [6.07, 6.45) is 5.05. The number of nitrogens with two attached hydrogens (primary N) is 1. The fourth-order valence-electron chi connectivity index (χ4n) is 3.17. The van der Waals surface area contributed by atoms with Crippen LogP contribution in [-0.2, 0) is 9.53 Å². The number of ether oxygens (including phenoxy) is 1. The van der Waals surface area contributed by atoms with Crippen molar-refractivity contribution in [3.63, 3.8) is 0 Å². The molecule has 4 heteroatoms. The van der Waals surface area contributed by atoms with E-state index in [9.17, 15) is 4.79 Å². The van der Waals surface area contributed by atoms with Crippen molar-refractivity contribution >= 4 is 5.97 Å². The Morgan fingerprint density at radius 3 is 2.80 bits per heavy atom. The first-order valence-electron chi connectivity index (χ1n) is 8.08. The van der Waals surface area contributed by atoms with Crippen LogP contribution in [0.1, 0.15) is 52.9 Å². The number of nitrogens with zero attached hydrogens (tertiary/aromatic N) is 1. The highest BCUT2D eigenvalue weighted by atomic mass is 16.5. The molecule has 1 fully saturated rings. The van der Waals surface area contributed by atoms with Crippen LogP contribution in [0.15, 0.2) is 0 Å². The summed E-state index contributed by atoms with van der Waals surface area (Å²) in [7, 11) is 2.16. The Morgan fingerprint density at radius 2 is 2.20 bits per heavy atom. The maximum absolute atomic E-state index is 12.1. The van der Waals surface area contributed by atoms with Gasteiger partial charge in [0.2, 0.25) is 0 Å². The molecule has 0 spiro atoms. The Balaban J connectivity index is 2.47. The highest BCUT2D eigenvalue weighted by Crippen LogP contribution is 2.37. The fraction of sp³-hybridized carbons (Fsp3) is 0.938. The first kappa shape index (κ1) is 17.4. The summed E-state index contributed by atoms with van der Waals surface area (Å²) in [5, 5.41) is 0. The number of hydrogen-bond acceptors (Lipinski definition) is 4. The van der Waals surface area contributed by atoms with Gasteiger partial charge in [-0.15, -0.1) is 0 Å². The molecule has 0 bridgehead atoms. The summed E-state index contributed by atoms with van der Waals surface area (Å²) >= 11 is 0. The van der Waals surface area contributed by atoms with E-state index in [4.69, 9.17) is 10.5 Å². The predicted molar refractivity (Wildman–Crippen MR) is 82.5 cm³/mol. The third-order valence-electron chi connectivity index (χ3n) is 4.71. The van der Waals surface area contributed by atoms with Gasteiger partial charge in [-0.1, -0.05) is 26.7 Å². The standard InChI is InChI=1S/C16H32N2O2/c1-5-13(3)12-18(4)11-9-14-8-7-10-16(14,17)15(19)20-6-2/h13-14H,5-12,17H2,1-4H3. The summed E-state index contributed by atoms with van der Waals surface area (Å²) in [6.45, 7) is 8.87. The zero-order valence-corrected chi connectivity index (χ0v) is 13.7. The van der Waals surface area contributed by atoms with Crippen molar-refractivity contribution in [3.05, 3.63) is 0 Å². The number of carbonyl (C=O) groups is 1. The van der Waals surface area contributed by atoms with Gasteiger partial charge in [0.25, 0.3) is 0 Å². The van der Waals surface area contributed by atoms with Crippen LogP contribution in [0.4, 0.5) is 0 Å². The van der Waals surface area contributed by atoms with Gasteiger partial charge in [0.15, 0.2) is 0 Å². The lowest BCUT2D eigenvalue weighted by molar-refractivity contribution is -0.151. The van der Waals surface area contributed by atoms with E-state index >= 15 is 0 Å². The summed E-state index contributed by atoms with van der Waals surface area (Å²) in [4.78, 5) is 14.4. The molecule has 1 aliphatic carbocycles. The Morgan fingerprint density at radius 1 is 1.50 bits per heavy atom. The van der Waals surface area contributed by atoms with E-state index in [0.717, 1.165) is 44.7 Å². The Kier molecular flexibility index (Phi) is 6.96. The average Bonchev–Trinajstić information content (AvgIpc) is 2.79. The molecule has 0 amide bonds. The number of rotatable bonds is 8. The molecule has 0 aromatic heterocycles. The molecule has 0 radical (unpaired) electrons. The second-order valence-corrected chi connectivity index (χ2v) is 6.41. The summed E-state index contributed by atoms with van der Waals surface area (Å²) < 4.78 is 5.17. The third-order valence-corrected chi connectivity index (χ3v) is 4.71. The predicted octanol–water partition coefficient (Wildman–Crippen LogP) is 2.42. The van der Waals surface area contributed by atoms with Crippen LogP contribution in [0.2, 0.25) is 0 Å². The van der Waals surface area contributed by atoms with Crippen LogP contribution in [-0.4, -0.2) is 43.2 Å². The molecule has 4 nitrogen and oxygen atoms in total. The SMILES string of the molecule is CCOC(=O)C1(N)CCCC1CCN(C)CC(C)CC. The normalized spacial score (nSPS) is 27.8. The van der Waals surface area contributed by atoms with E-state index in [1.807, 2.05) is 6.92 Å². The van der Waals surface area contributed by atoms with Crippen molar-refractivity contribution in [1.29, 1.82) is 0 Å².